The Morgan fingerprint density at radius 3 is 2.80 bits per heavy atom. The van der Waals surface area contributed by atoms with E-state index in [1.807, 2.05) is 13.8 Å². The second kappa shape index (κ2) is 5.96. The van der Waals surface area contributed by atoms with Crippen LogP contribution in [0.15, 0.2) is 11.1 Å². The highest BCUT2D eigenvalue weighted by Gasteiger charge is 2.10. The summed E-state index contributed by atoms with van der Waals surface area (Å²) < 4.78 is 0. The lowest BCUT2D eigenvalue weighted by Gasteiger charge is -2.04. The number of thiazole rings is 1. The number of aryl methyl sites for hydroxylation is 2. The zero-order chi connectivity index (χ0) is 14.7. The first kappa shape index (κ1) is 14.4. The van der Waals surface area contributed by atoms with Crippen LogP contribution in [0.2, 0.25) is 0 Å². The lowest BCUT2D eigenvalue weighted by atomic mass is 10.2. The van der Waals surface area contributed by atoms with E-state index < -0.39 is 0 Å². The summed E-state index contributed by atoms with van der Waals surface area (Å²) in [6, 6.07) is 0. The summed E-state index contributed by atoms with van der Waals surface area (Å²) >= 11 is 1.57. The van der Waals surface area contributed by atoms with Crippen LogP contribution in [0.4, 0.5) is 0 Å². The largest absolute Gasteiger partial charge is 0.349 e. The SMILES string of the molecule is Cc1nc(CNC(=O)Cc2nc[nH]c(=O)c2C)sc1C. The fourth-order valence-electron chi connectivity index (χ4n) is 1.69. The monoisotopic (exact) mass is 292 g/mol. The van der Waals surface area contributed by atoms with E-state index in [-0.39, 0.29) is 17.9 Å². The highest BCUT2D eigenvalue weighted by molar-refractivity contribution is 7.11. The molecule has 0 aliphatic rings. The van der Waals surface area contributed by atoms with Crippen molar-refractivity contribution in [3.05, 3.63) is 43.5 Å². The standard InChI is InChI=1S/C13H16N4O2S/c1-7-10(15-6-16-13(7)19)4-11(18)14-5-12-17-8(2)9(3)20-12/h6H,4-5H2,1-3H3,(H,14,18)(H,15,16,19). The van der Waals surface area contributed by atoms with Crippen LogP contribution in [0.3, 0.4) is 0 Å². The van der Waals surface area contributed by atoms with Gasteiger partial charge in [-0.3, -0.25) is 9.59 Å². The average molecular weight is 292 g/mol. The van der Waals surface area contributed by atoms with Crippen molar-refractivity contribution in [3.63, 3.8) is 0 Å². The number of hydrogen-bond acceptors (Lipinski definition) is 5. The quantitative estimate of drug-likeness (QED) is 0.880. The average Bonchev–Trinajstić information content (AvgIpc) is 2.72. The molecular weight excluding hydrogens is 276 g/mol. The first-order valence-electron chi connectivity index (χ1n) is 6.20. The van der Waals surface area contributed by atoms with Gasteiger partial charge in [-0.25, -0.2) is 9.97 Å². The van der Waals surface area contributed by atoms with E-state index in [2.05, 4.69) is 20.3 Å². The number of carbonyl (C=O) groups is 1. The molecule has 6 nitrogen and oxygen atoms in total. The van der Waals surface area contributed by atoms with E-state index in [9.17, 15) is 9.59 Å². The van der Waals surface area contributed by atoms with Gasteiger partial charge in [-0.15, -0.1) is 11.3 Å². The summed E-state index contributed by atoms with van der Waals surface area (Å²) in [5, 5.41) is 3.67. The van der Waals surface area contributed by atoms with Crippen molar-refractivity contribution in [3.8, 4) is 0 Å². The zero-order valence-electron chi connectivity index (χ0n) is 11.6. The van der Waals surface area contributed by atoms with Gasteiger partial charge in [0, 0.05) is 10.4 Å². The van der Waals surface area contributed by atoms with Crippen LogP contribution in [-0.4, -0.2) is 20.9 Å². The van der Waals surface area contributed by atoms with Crippen LogP contribution < -0.4 is 10.9 Å². The molecule has 2 aromatic rings. The maximum absolute atomic E-state index is 11.9. The number of carbonyl (C=O) groups excluding carboxylic acids is 1. The minimum atomic E-state index is -0.214. The molecule has 0 radical (unpaired) electrons. The van der Waals surface area contributed by atoms with Gasteiger partial charge in [-0.2, -0.15) is 0 Å². The van der Waals surface area contributed by atoms with Crippen molar-refractivity contribution < 1.29 is 4.79 Å². The van der Waals surface area contributed by atoms with Gasteiger partial charge < -0.3 is 10.3 Å². The summed E-state index contributed by atoms with van der Waals surface area (Å²) in [6.45, 7) is 6.00. The highest BCUT2D eigenvalue weighted by Crippen LogP contribution is 2.15. The van der Waals surface area contributed by atoms with Crippen LogP contribution in [0.5, 0.6) is 0 Å². The molecule has 0 aliphatic carbocycles. The Kier molecular flexibility index (Phi) is 4.29. The fraction of sp³-hybridized carbons (Fsp3) is 0.385. The van der Waals surface area contributed by atoms with Crippen molar-refractivity contribution in [2.75, 3.05) is 0 Å². The maximum Gasteiger partial charge on any atom is 0.253 e. The molecule has 2 N–H and O–H groups in total. The van der Waals surface area contributed by atoms with Crippen molar-refractivity contribution in [1.82, 2.24) is 20.3 Å². The molecule has 0 aliphatic heterocycles. The van der Waals surface area contributed by atoms with Crippen LogP contribution in [0.25, 0.3) is 0 Å². The minimum absolute atomic E-state index is 0.0963. The number of nitrogens with one attached hydrogen (secondary N) is 2. The first-order valence-corrected chi connectivity index (χ1v) is 7.01. The van der Waals surface area contributed by atoms with E-state index in [0.717, 1.165) is 15.6 Å². The van der Waals surface area contributed by atoms with Gasteiger partial charge in [0.05, 0.1) is 30.7 Å². The van der Waals surface area contributed by atoms with E-state index in [0.29, 0.717) is 17.8 Å². The number of nitrogens with zero attached hydrogens (tertiary/aromatic N) is 2. The molecule has 0 spiro atoms. The molecule has 0 bridgehead atoms. The molecular formula is C13H16N4O2S. The van der Waals surface area contributed by atoms with Gasteiger partial charge in [-0.05, 0) is 20.8 Å². The summed E-state index contributed by atoms with van der Waals surface area (Å²) in [7, 11) is 0. The number of H-pyrrole nitrogens is 1. The Morgan fingerprint density at radius 1 is 1.40 bits per heavy atom. The van der Waals surface area contributed by atoms with Crippen LogP contribution in [0, 0.1) is 20.8 Å². The summed E-state index contributed by atoms with van der Waals surface area (Å²) in [6.07, 6.45) is 1.41. The third kappa shape index (κ3) is 3.30. The molecule has 2 rings (SSSR count). The number of amides is 1. The van der Waals surface area contributed by atoms with Gasteiger partial charge in [0.15, 0.2) is 0 Å². The lowest BCUT2D eigenvalue weighted by Crippen LogP contribution is -2.26. The molecule has 20 heavy (non-hydrogen) atoms. The third-order valence-corrected chi connectivity index (χ3v) is 4.10. The van der Waals surface area contributed by atoms with Gasteiger partial charge in [-0.1, -0.05) is 0 Å². The lowest BCUT2D eigenvalue weighted by molar-refractivity contribution is -0.120. The molecule has 0 atom stereocenters. The second-order valence-electron chi connectivity index (χ2n) is 4.51. The van der Waals surface area contributed by atoms with E-state index in [1.54, 1.807) is 18.3 Å². The van der Waals surface area contributed by atoms with E-state index in [1.165, 1.54) is 6.33 Å². The molecule has 0 fully saturated rings. The molecule has 0 saturated carbocycles. The van der Waals surface area contributed by atoms with Gasteiger partial charge in [0.2, 0.25) is 5.91 Å². The van der Waals surface area contributed by atoms with E-state index >= 15 is 0 Å². The van der Waals surface area contributed by atoms with Crippen molar-refractivity contribution in [2.45, 2.75) is 33.7 Å². The Labute approximate surface area is 120 Å². The van der Waals surface area contributed by atoms with E-state index in [4.69, 9.17) is 0 Å². The Bertz CT molecular complexity index is 670. The molecule has 0 unspecified atom stereocenters. The first-order chi connectivity index (χ1) is 9.47. The summed E-state index contributed by atoms with van der Waals surface area (Å²) in [5.41, 5.74) is 1.75. The topological polar surface area (TPSA) is 87.7 Å². The van der Waals surface area contributed by atoms with Crippen molar-refractivity contribution in [1.29, 1.82) is 0 Å². The van der Waals surface area contributed by atoms with Gasteiger partial charge >= 0.3 is 0 Å². The summed E-state index contributed by atoms with van der Waals surface area (Å²) in [5.74, 6) is -0.170. The predicted molar refractivity (Wildman–Crippen MR) is 76.7 cm³/mol. The van der Waals surface area contributed by atoms with Crippen LogP contribution >= 0.6 is 11.3 Å². The van der Waals surface area contributed by atoms with Crippen molar-refractivity contribution >= 4 is 17.2 Å². The van der Waals surface area contributed by atoms with Crippen LogP contribution in [-0.2, 0) is 17.8 Å². The molecule has 0 saturated heterocycles. The molecule has 0 aromatic carbocycles. The Hall–Kier alpha value is -2.02. The highest BCUT2D eigenvalue weighted by atomic mass is 32.1. The van der Waals surface area contributed by atoms with Gasteiger partial charge in [0.1, 0.15) is 5.01 Å². The van der Waals surface area contributed by atoms with Crippen molar-refractivity contribution in [2.24, 2.45) is 0 Å². The molecule has 106 valence electrons. The maximum atomic E-state index is 11.9. The third-order valence-electron chi connectivity index (χ3n) is 3.03. The smallest absolute Gasteiger partial charge is 0.253 e. The number of rotatable bonds is 4. The minimum Gasteiger partial charge on any atom is -0.349 e. The number of aromatic amines is 1. The predicted octanol–water partition coefficient (Wildman–Crippen LogP) is 1.01. The normalized spacial score (nSPS) is 10.6. The molecule has 1 amide bonds. The number of aromatic nitrogens is 3. The fourth-order valence-corrected chi connectivity index (χ4v) is 2.56. The second-order valence-corrected chi connectivity index (χ2v) is 5.79. The molecule has 2 aromatic heterocycles. The molecule has 2 heterocycles. The molecule has 7 heteroatoms. The Morgan fingerprint density at radius 2 is 2.15 bits per heavy atom. The van der Waals surface area contributed by atoms with Crippen LogP contribution in [0.1, 0.15) is 26.8 Å². The Balaban J connectivity index is 1.96. The summed E-state index contributed by atoms with van der Waals surface area (Å²) in [4.78, 5) is 35.3. The van der Waals surface area contributed by atoms with Gasteiger partial charge in [0.25, 0.3) is 5.56 Å². The zero-order valence-corrected chi connectivity index (χ0v) is 12.4. The number of hydrogen-bond donors (Lipinski definition) is 2.